The molecule has 0 radical (unpaired) electrons. The van der Waals surface area contributed by atoms with Crippen molar-refractivity contribution in [3.05, 3.63) is 40.1 Å². The molecule has 0 atom stereocenters. The summed E-state index contributed by atoms with van der Waals surface area (Å²) in [7, 11) is 0. The zero-order valence-electron chi connectivity index (χ0n) is 8.88. The number of furan rings is 1. The largest absolute Gasteiger partial charge is 0.461 e. The summed E-state index contributed by atoms with van der Waals surface area (Å²) in [5, 5.41) is 1.17. The van der Waals surface area contributed by atoms with Gasteiger partial charge in [0, 0.05) is 15.4 Å². The molecule has 0 aliphatic heterocycles. The SMILES string of the molecule is CC/C=C\c1c(C)oc2ccc(Br)cc12. The van der Waals surface area contributed by atoms with Crippen molar-refractivity contribution in [2.45, 2.75) is 20.3 Å². The van der Waals surface area contributed by atoms with Crippen LogP contribution >= 0.6 is 15.9 Å². The highest BCUT2D eigenvalue weighted by molar-refractivity contribution is 9.10. The molecule has 0 amide bonds. The van der Waals surface area contributed by atoms with Gasteiger partial charge in [-0.25, -0.2) is 0 Å². The minimum absolute atomic E-state index is 0.950. The van der Waals surface area contributed by atoms with E-state index in [9.17, 15) is 0 Å². The van der Waals surface area contributed by atoms with Crippen molar-refractivity contribution in [3.63, 3.8) is 0 Å². The molecule has 2 heteroatoms. The molecule has 1 nitrogen and oxygen atoms in total. The molecule has 0 saturated carbocycles. The van der Waals surface area contributed by atoms with Gasteiger partial charge in [-0.2, -0.15) is 0 Å². The van der Waals surface area contributed by atoms with Gasteiger partial charge in [0.1, 0.15) is 11.3 Å². The van der Waals surface area contributed by atoms with Crippen LogP contribution in [0.25, 0.3) is 17.0 Å². The second-order valence-electron chi connectivity index (χ2n) is 3.52. The lowest BCUT2D eigenvalue weighted by Crippen LogP contribution is -1.72. The standard InChI is InChI=1S/C13H13BrO/c1-3-4-5-11-9(2)15-13-7-6-10(14)8-12(11)13/h4-8H,3H2,1-2H3/b5-4-. The molecule has 0 saturated heterocycles. The average Bonchev–Trinajstić information content (AvgIpc) is 2.51. The van der Waals surface area contributed by atoms with Crippen molar-refractivity contribution in [1.29, 1.82) is 0 Å². The van der Waals surface area contributed by atoms with Gasteiger partial charge in [0.25, 0.3) is 0 Å². The van der Waals surface area contributed by atoms with Crippen molar-refractivity contribution in [1.82, 2.24) is 0 Å². The van der Waals surface area contributed by atoms with E-state index in [1.54, 1.807) is 0 Å². The summed E-state index contributed by atoms with van der Waals surface area (Å²) in [6.07, 6.45) is 5.33. The van der Waals surface area contributed by atoms with Crippen LogP contribution in [0.3, 0.4) is 0 Å². The molecule has 0 unspecified atom stereocenters. The highest BCUT2D eigenvalue weighted by Gasteiger charge is 2.07. The third-order valence-corrected chi connectivity index (χ3v) is 2.89. The molecule has 15 heavy (non-hydrogen) atoms. The van der Waals surface area contributed by atoms with Crippen LogP contribution in [0.4, 0.5) is 0 Å². The molecule has 1 aromatic heterocycles. The maximum Gasteiger partial charge on any atom is 0.134 e. The van der Waals surface area contributed by atoms with E-state index in [4.69, 9.17) is 4.42 Å². The van der Waals surface area contributed by atoms with Crippen LogP contribution in [0.1, 0.15) is 24.7 Å². The smallest absolute Gasteiger partial charge is 0.134 e. The summed E-state index contributed by atoms with van der Waals surface area (Å²) in [4.78, 5) is 0. The molecule has 0 bridgehead atoms. The summed E-state index contributed by atoms with van der Waals surface area (Å²) in [5.74, 6) is 0.979. The van der Waals surface area contributed by atoms with Gasteiger partial charge in [-0.1, -0.05) is 35.0 Å². The summed E-state index contributed by atoms with van der Waals surface area (Å²) in [6.45, 7) is 4.13. The Kier molecular flexibility index (Phi) is 2.96. The Morgan fingerprint density at radius 1 is 1.40 bits per heavy atom. The summed E-state index contributed by atoms with van der Waals surface area (Å²) < 4.78 is 6.76. The first kappa shape index (κ1) is 10.5. The predicted molar refractivity (Wildman–Crippen MR) is 68.0 cm³/mol. The molecular formula is C13H13BrO. The van der Waals surface area contributed by atoms with E-state index in [0.29, 0.717) is 0 Å². The molecule has 0 aliphatic rings. The molecule has 2 rings (SSSR count). The topological polar surface area (TPSA) is 13.1 Å². The Bertz CT molecular complexity index is 508. The zero-order chi connectivity index (χ0) is 10.8. The first-order valence-electron chi connectivity index (χ1n) is 5.07. The summed E-state index contributed by atoms with van der Waals surface area (Å²) >= 11 is 3.48. The van der Waals surface area contributed by atoms with Crippen molar-refractivity contribution in [2.75, 3.05) is 0 Å². The van der Waals surface area contributed by atoms with E-state index in [2.05, 4.69) is 41.1 Å². The van der Waals surface area contributed by atoms with Crippen LogP contribution in [-0.4, -0.2) is 0 Å². The van der Waals surface area contributed by atoms with Gasteiger partial charge in [0.05, 0.1) is 0 Å². The Balaban J connectivity index is 2.65. The quantitative estimate of drug-likeness (QED) is 0.750. The van der Waals surface area contributed by atoms with E-state index >= 15 is 0 Å². The molecule has 78 valence electrons. The van der Waals surface area contributed by atoms with Crippen LogP contribution < -0.4 is 0 Å². The number of allylic oxidation sites excluding steroid dienone is 1. The van der Waals surface area contributed by atoms with Crippen molar-refractivity contribution in [2.24, 2.45) is 0 Å². The number of benzene rings is 1. The molecule has 0 N–H and O–H groups in total. The fraction of sp³-hybridized carbons (Fsp3) is 0.231. The minimum atomic E-state index is 0.950. The van der Waals surface area contributed by atoms with Crippen LogP contribution in [0.2, 0.25) is 0 Å². The van der Waals surface area contributed by atoms with Crippen molar-refractivity contribution < 1.29 is 4.42 Å². The summed E-state index contributed by atoms with van der Waals surface area (Å²) in [6, 6.07) is 6.09. The molecule has 0 spiro atoms. The molecule has 1 aromatic carbocycles. The maximum atomic E-state index is 5.68. The van der Waals surface area contributed by atoms with E-state index < -0.39 is 0 Å². The third kappa shape index (κ3) is 2.00. The second-order valence-corrected chi connectivity index (χ2v) is 4.44. The van der Waals surface area contributed by atoms with Gasteiger partial charge in [0.2, 0.25) is 0 Å². The zero-order valence-corrected chi connectivity index (χ0v) is 10.5. The Morgan fingerprint density at radius 2 is 2.20 bits per heavy atom. The molecule has 0 fully saturated rings. The van der Waals surface area contributed by atoms with E-state index in [1.165, 1.54) is 10.9 Å². The monoisotopic (exact) mass is 264 g/mol. The maximum absolute atomic E-state index is 5.68. The molecular weight excluding hydrogens is 252 g/mol. The van der Waals surface area contributed by atoms with Crippen molar-refractivity contribution in [3.8, 4) is 0 Å². The lowest BCUT2D eigenvalue weighted by Gasteiger charge is -1.92. The lowest BCUT2D eigenvalue weighted by molar-refractivity contribution is 0.577. The van der Waals surface area contributed by atoms with Gasteiger partial charge < -0.3 is 4.42 Å². The van der Waals surface area contributed by atoms with Crippen LogP contribution in [0.15, 0.2) is 33.2 Å². The number of aryl methyl sites for hydroxylation is 1. The van der Waals surface area contributed by atoms with Gasteiger partial charge in [-0.15, -0.1) is 0 Å². The number of fused-ring (bicyclic) bond motifs is 1. The predicted octanol–water partition coefficient (Wildman–Crippen LogP) is 4.93. The lowest BCUT2D eigenvalue weighted by atomic mass is 10.1. The number of rotatable bonds is 2. The summed E-state index contributed by atoms with van der Waals surface area (Å²) in [5.41, 5.74) is 2.14. The van der Waals surface area contributed by atoms with E-state index in [1.807, 2.05) is 19.1 Å². The van der Waals surface area contributed by atoms with Crippen LogP contribution in [0, 0.1) is 6.92 Å². The van der Waals surface area contributed by atoms with Gasteiger partial charge in [0.15, 0.2) is 0 Å². The molecule has 1 heterocycles. The number of halogens is 1. The minimum Gasteiger partial charge on any atom is -0.461 e. The highest BCUT2D eigenvalue weighted by Crippen LogP contribution is 2.29. The third-order valence-electron chi connectivity index (χ3n) is 2.39. The van der Waals surface area contributed by atoms with Crippen LogP contribution in [-0.2, 0) is 0 Å². The number of hydrogen-bond acceptors (Lipinski definition) is 1. The van der Waals surface area contributed by atoms with E-state index in [0.717, 1.165) is 22.2 Å². The van der Waals surface area contributed by atoms with Gasteiger partial charge in [-0.05, 0) is 31.5 Å². The Labute approximate surface area is 97.9 Å². The Hall–Kier alpha value is -1.02. The van der Waals surface area contributed by atoms with Crippen molar-refractivity contribution >= 4 is 33.0 Å². The average molecular weight is 265 g/mol. The molecule has 0 aliphatic carbocycles. The van der Waals surface area contributed by atoms with Crippen LogP contribution in [0.5, 0.6) is 0 Å². The van der Waals surface area contributed by atoms with Gasteiger partial charge >= 0.3 is 0 Å². The first-order valence-corrected chi connectivity index (χ1v) is 5.87. The first-order chi connectivity index (χ1) is 7.22. The number of hydrogen-bond donors (Lipinski definition) is 0. The fourth-order valence-electron chi connectivity index (χ4n) is 1.65. The normalized spacial score (nSPS) is 11.7. The second kappa shape index (κ2) is 4.23. The molecule has 2 aromatic rings. The fourth-order valence-corrected chi connectivity index (χ4v) is 2.02. The Morgan fingerprint density at radius 3 is 2.93 bits per heavy atom. The highest BCUT2D eigenvalue weighted by atomic mass is 79.9. The van der Waals surface area contributed by atoms with E-state index in [-0.39, 0.29) is 0 Å². The van der Waals surface area contributed by atoms with Gasteiger partial charge in [-0.3, -0.25) is 0 Å².